The number of thioether (sulfide) groups is 2. The van der Waals surface area contributed by atoms with E-state index in [4.69, 9.17) is 23.2 Å². The Morgan fingerprint density at radius 2 is 1.11 bits per heavy atom. The molecule has 0 N–H and O–H groups in total. The maximum Gasteiger partial charge on any atom is 0.234 e. The van der Waals surface area contributed by atoms with Crippen LogP contribution >= 0.6 is 46.7 Å². The lowest BCUT2D eigenvalue weighted by atomic mass is 9.88. The average Bonchev–Trinajstić information content (AvgIpc) is 3.21. The fourth-order valence-electron chi connectivity index (χ4n) is 7.34. The van der Waals surface area contributed by atoms with Gasteiger partial charge in [-0.1, -0.05) is 97.1 Å². The number of ketones is 4. The highest BCUT2D eigenvalue weighted by Crippen LogP contribution is 2.47. The van der Waals surface area contributed by atoms with Gasteiger partial charge in [0.15, 0.2) is 11.6 Å². The molecule has 3 aromatic carbocycles. The molecule has 4 atom stereocenters. The first kappa shape index (κ1) is 41.4. The fourth-order valence-corrected chi connectivity index (χ4v) is 10.7. The molecule has 0 spiro atoms. The van der Waals surface area contributed by atoms with Gasteiger partial charge in [-0.15, -0.1) is 46.7 Å². The summed E-state index contributed by atoms with van der Waals surface area (Å²) in [4.78, 5) is 77.7. The van der Waals surface area contributed by atoms with Crippen molar-refractivity contribution < 1.29 is 28.8 Å². The van der Waals surface area contributed by atoms with E-state index in [1.807, 2.05) is 97.1 Å². The van der Waals surface area contributed by atoms with E-state index >= 15 is 0 Å². The number of hydrogen-bond acceptors (Lipinski definition) is 8. The van der Waals surface area contributed by atoms with Crippen molar-refractivity contribution in [2.24, 2.45) is 11.8 Å². The molecule has 0 aromatic heterocycles. The molecule has 56 heavy (non-hydrogen) atoms. The first-order valence-corrected chi connectivity index (χ1v) is 21.5. The minimum absolute atomic E-state index is 0.0502. The molecule has 0 bridgehead atoms. The minimum Gasteiger partial charge on any atom is -0.299 e. The number of Topliss-reactive ketones (excluding diaryl/α,β-unsaturated/α-hetero) is 4. The average molecular weight is 830 g/mol. The zero-order valence-corrected chi connectivity index (χ0v) is 34.3. The van der Waals surface area contributed by atoms with Crippen molar-refractivity contribution in [1.29, 1.82) is 0 Å². The molecular formula is C44H42Cl2N2O6S2. The number of fused-ring (bicyclic) bond motifs is 2. The molecule has 0 saturated carbocycles. The predicted molar refractivity (Wildman–Crippen MR) is 224 cm³/mol. The van der Waals surface area contributed by atoms with Gasteiger partial charge in [0.05, 0.1) is 34.0 Å². The van der Waals surface area contributed by atoms with Gasteiger partial charge in [0, 0.05) is 62.8 Å². The lowest BCUT2D eigenvalue weighted by molar-refractivity contribution is -0.151. The van der Waals surface area contributed by atoms with Crippen LogP contribution in [0.4, 0.5) is 0 Å². The molecular weight excluding hydrogens is 788 g/mol. The van der Waals surface area contributed by atoms with Crippen LogP contribution in [0.25, 0.3) is 6.08 Å². The Balaban J connectivity index is 0.000000198. The summed E-state index contributed by atoms with van der Waals surface area (Å²) in [6, 6.07) is 27.0. The molecule has 4 heterocycles. The molecule has 290 valence electrons. The molecule has 7 rings (SSSR count). The van der Waals surface area contributed by atoms with Gasteiger partial charge in [-0.3, -0.25) is 38.6 Å². The largest absolute Gasteiger partial charge is 0.299 e. The maximum absolute atomic E-state index is 12.9. The number of hydrogen-bond donors (Lipinski definition) is 0. The van der Waals surface area contributed by atoms with Crippen molar-refractivity contribution >= 4 is 87.7 Å². The molecule has 0 unspecified atom stereocenters. The summed E-state index contributed by atoms with van der Waals surface area (Å²) in [5.41, 5.74) is 6.48. The van der Waals surface area contributed by atoms with Crippen LogP contribution in [0.1, 0.15) is 48.9 Å². The summed E-state index contributed by atoms with van der Waals surface area (Å²) in [6.07, 6.45) is 4.96. The number of carbonyl (C=O) groups excluding carboxylic acids is 6. The van der Waals surface area contributed by atoms with E-state index in [1.54, 1.807) is 28.4 Å². The van der Waals surface area contributed by atoms with E-state index in [0.29, 0.717) is 41.6 Å². The number of alkyl halides is 2. The number of amides is 2. The third-order valence-electron chi connectivity index (χ3n) is 10.1. The fraction of sp³-hybridized carbons (Fsp3) is 0.318. The normalized spacial score (nSPS) is 21.4. The van der Waals surface area contributed by atoms with E-state index in [-0.39, 0.29) is 76.3 Å². The SMILES string of the molecule is CC(=O)C1=C(C=Cc2ccc(CCl)cc2)CS[C@@H]2[C@H](CC(=O)Cc3ccccc3)C(=O)N12.CC(=O)C1=C(CCl)CS[C@@H]2[C@H](CC(=O)Cc3ccccc3)C(=O)N12. The molecule has 2 fully saturated rings. The summed E-state index contributed by atoms with van der Waals surface area (Å²) in [6.45, 7) is 2.95. The zero-order chi connectivity index (χ0) is 39.9. The third kappa shape index (κ3) is 9.31. The number of rotatable bonds is 14. The van der Waals surface area contributed by atoms with Crippen LogP contribution in [0.3, 0.4) is 0 Å². The third-order valence-corrected chi connectivity index (χ3v) is 13.5. The summed E-state index contributed by atoms with van der Waals surface area (Å²) in [7, 11) is 0. The second-order valence-electron chi connectivity index (χ2n) is 14.1. The van der Waals surface area contributed by atoms with Gasteiger partial charge in [-0.05, 0) is 33.4 Å². The van der Waals surface area contributed by atoms with Crippen LogP contribution in [-0.4, -0.2) is 72.9 Å². The van der Waals surface area contributed by atoms with Crippen molar-refractivity contribution in [3.05, 3.63) is 136 Å². The Bertz CT molecular complexity index is 2100. The number of carbonyl (C=O) groups is 6. The molecule has 8 nitrogen and oxygen atoms in total. The lowest BCUT2D eigenvalue weighted by Crippen LogP contribution is -2.61. The van der Waals surface area contributed by atoms with Crippen LogP contribution in [-0.2, 0) is 47.5 Å². The number of allylic oxidation sites excluding steroid dienone is 3. The van der Waals surface area contributed by atoms with Gasteiger partial charge in [0.25, 0.3) is 0 Å². The quantitative estimate of drug-likeness (QED) is 0.120. The first-order chi connectivity index (χ1) is 27.0. The van der Waals surface area contributed by atoms with Crippen LogP contribution in [0.5, 0.6) is 0 Å². The van der Waals surface area contributed by atoms with Crippen LogP contribution in [0.2, 0.25) is 0 Å². The maximum atomic E-state index is 12.9. The summed E-state index contributed by atoms with van der Waals surface area (Å²) < 4.78 is 0. The molecule has 4 aliphatic heterocycles. The molecule has 3 aromatic rings. The van der Waals surface area contributed by atoms with E-state index in [2.05, 4.69) is 0 Å². The van der Waals surface area contributed by atoms with Gasteiger partial charge in [0.1, 0.15) is 11.6 Å². The van der Waals surface area contributed by atoms with E-state index in [9.17, 15) is 28.8 Å². The second-order valence-corrected chi connectivity index (χ2v) is 16.9. The predicted octanol–water partition coefficient (Wildman–Crippen LogP) is 7.82. The highest BCUT2D eigenvalue weighted by atomic mass is 35.5. The van der Waals surface area contributed by atoms with Gasteiger partial charge >= 0.3 is 0 Å². The number of halogens is 2. The van der Waals surface area contributed by atoms with Crippen molar-refractivity contribution in [2.45, 2.75) is 56.2 Å². The smallest absolute Gasteiger partial charge is 0.234 e. The van der Waals surface area contributed by atoms with E-state index < -0.39 is 0 Å². The van der Waals surface area contributed by atoms with Crippen molar-refractivity contribution in [2.75, 3.05) is 17.4 Å². The molecule has 2 amide bonds. The van der Waals surface area contributed by atoms with Gasteiger partial charge in [-0.2, -0.15) is 0 Å². The topological polar surface area (TPSA) is 109 Å². The monoisotopic (exact) mass is 828 g/mol. The highest BCUT2D eigenvalue weighted by molar-refractivity contribution is 8.00. The Morgan fingerprint density at radius 1 is 0.625 bits per heavy atom. The van der Waals surface area contributed by atoms with Gasteiger partial charge in [-0.25, -0.2) is 0 Å². The van der Waals surface area contributed by atoms with E-state index in [1.165, 1.54) is 18.7 Å². The Morgan fingerprint density at radius 3 is 1.57 bits per heavy atom. The van der Waals surface area contributed by atoms with Crippen LogP contribution in [0, 0.1) is 11.8 Å². The Hall–Kier alpha value is -4.22. The standard InChI is InChI=1S/C26H24ClNO3S.C18H18ClNO3S/c1-17(29)24-21(12-11-18-7-9-20(15-27)10-8-18)16-32-26-23(25(31)28(24)26)14-22(30)13-19-5-3-2-4-6-19;1-11(21)16-13(9-19)10-24-18-15(17(23)20(16)18)8-14(22)7-12-5-3-2-4-6-12/h2-12,23,26H,13-16H2,1H3;2-6,15,18H,7-10H2,1H3/t23-,26-;15-,18-/m11/s1. The molecule has 0 aliphatic carbocycles. The molecule has 12 heteroatoms. The number of benzene rings is 3. The molecule has 4 aliphatic rings. The van der Waals surface area contributed by atoms with E-state index in [0.717, 1.165) is 33.4 Å². The van der Waals surface area contributed by atoms with Crippen LogP contribution in [0.15, 0.2) is 114 Å². The molecule has 2 saturated heterocycles. The summed E-state index contributed by atoms with van der Waals surface area (Å²) >= 11 is 14.9. The van der Waals surface area contributed by atoms with Gasteiger partial charge < -0.3 is 0 Å². The number of nitrogens with zero attached hydrogens (tertiary/aromatic N) is 2. The van der Waals surface area contributed by atoms with Crippen molar-refractivity contribution in [3.8, 4) is 0 Å². The highest BCUT2D eigenvalue weighted by Gasteiger charge is 2.54. The lowest BCUT2D eigenvalue weighted by Gasteiger charge is -2.50. The van der Waals surface area contributed by atoms with Crippen molar-refractivity contribution in [3.63, 3.8) is 0 Å². The van der Waals surface area contributed by atoms with Crippen LogP contribution < -0.4 is 0 Å². The Labute approximate surface area is 345 Å². The van der Waals surface area contributed by atoms with Crippen molar-refractivity contribution in [1.82, 2.24) is 9.80 Å². The first-order valence-electron chi connectivity index (χ1n) is 18.4. The Kier molecular flexibility index (Phi) is 13.9. The second kappa shape index (κ2) is 18.8. The van der Waals surface area contributed by atoms with Gasteiger partial charge in [0.2, 0.25) is 11.8 Å². The molecule has 0 radical (unpaired) electrons. The summed E-state index contributed by atoms with van der Waals surface area (Å²) in [5, 5.41) is -0.274. The summed E-state index contributed by atoms with van der Waals surface area (Å²) in [5.74, 6) is 0.839. The number of β-lactam (4-membered cyclic amide) rings is 2. The minimum atomic E-state index is -0.362. The zero-order valence-electron chi connectivity index (χ0n) is 31.1.